The number of carboxylic acids is 1. The molecule has 0 aromatic carbocycles. The summed E-state index contributed by atoms with van der Waals surface area (Å²) >= 11 is 3.11. The number of halogens is 1. The predicted octanol–water partition coefficient (Wildman–Crippen LogP) is 0.938. The molecule has 0 aliphatic heterocycles. The Morgan fingerprint density at radius 1 is 1.53 bits per heavy atom. The Balaban J connectivity index is 3.16. The van der Waals surface area contributed by atoms with E-state index in [4.69, 9.17) is 5.11 Å². The minimum absolute atomic E-state index is 0.0533. The molecule has 8 heteroatoms. The molecule has 0 aliphatic carbocycles. The van der Waals surface area contributed by atoms with Crippen molar-refractivity contribution in [2.24, 2.45) is 0 Å². The zero-order valence-electron chi connectivity index (χ0n) is 9.16. The minimum atomic E-state index is -3.85. The first-order chi connectivity index (χ1) is 7.76. The van der Waals surface area contributed by atoms with Gasteiger partial charge in [-0.05, 0) is 28.9 Å². The molecule has 94 valence electrons. The van der Waals surface area contributed by atoms with Crippen LogP contribution in [0.4, 0.5) is 0 Å². The molecule has 0 saturated heterocycles. The Bertz CT molecular complexity index is 532. The summed E-state index contributed by atoms with van der Waals surface area (Å²) in [6, 6.07) is 0.229. The van der Waals surface area contributed by atoms with Crippen LogP contribution < -0.4 is 0 Å². The van der Waals surface area contributed by atoms with E-state index in [0.29, 0.717) is 4.47 Å². The van der Waals surface area contributed by atoms with Crippen LogP contribution in [0.15, 0.2) is 27.8 Å². The smallest absolute Gasteiger partial charge is 0.321 e. The van der Waals surface area contributed by atoms with Crippen molar-refractivity contribution in [2.75, 3.05) is 7.05 Å². The van der Waals surface area contributed by atoms with E-state index in [-0.39, 0.29) is 4.90 Å². The van der Waals surface area contributed by atoms with Crippen LogP contribution in [0.3, 0.4) is 0 Å². The van der Waals surface area contributed by atoms with Crippen molar-refractivity contribution in [1.29, 1.82) is 0 Å². The quantitative estimate of drug-likeness (QED) is 0.891. The number of hydrogen-bond acceptors (Lipinski definition) is 4. The largest absolute Gasteiger partial charge is 0.480 e. The molecule has 1 unspecified atom stereocenters. The first-order valence-corrected chi connectivity index (χ1v) is 6.81. The minimum Gasteiger partial charge on any atom is -0.480 e. The molecule has 0 radical (unpaired) electrons. The standard InChI is InChI=1S/C9H11BrN2O4S/c1-6(9(13)14)12(2)17(15,16)8-3-7(10)4-11-5-8/h3-6H,1-2H3,(H,13,14). The maximum atomic E-state index is 12.0. The van der Waals surface area contributed by atoms with E-state index in [2.05, 4.69) is 20.9 Å². The third kappa shape index (κ3) is 3.02. The van der Waals surface area contributed by atoms with E-state index in [1.54, 1.807) is 0 Å². The van der Waals surface area contributed by atoms with E-state index in [1.165, 1.54) is 32.4 Å². The van der Waals surface area contributed by atoms with Crippen LogP contribution in [-0.2, 0) is 14.8 Å². The average Bonchev–Trinajstić information content (AvgIpc) is 2.26. The normalized spacial score (nSPS) is 13.6. The molecular formula is C9H11BrN2O4S. The lowest BCUT2D eigenvalue weighted by Crippen LogP contribution is -2.40. The first kappa shape index (κ1) is 14.1. The Kier molecular flexibility index (Phi) is 4.23. The van der Waals surface area contributed by atoms with Gasteiger partial charge in [-0.3, -0.25) is 9.78 Å². The Hall–Kier alpha value is -0.990. The molecule has 1 aromatic rings. The van der Waals surface area contributed by atoms with Crippen molar-refractivity contribution < 1.29 is 18.3 Å². The first-order valence-electron chi connectivity index (χ1n) is 4.58. The van der Waals surface area contributed by atoms with Crippen LogP contribution in [0.5, 0.6) is 0 Å². The number of sulfonamides is 1. The topological polar surface area (TPSA) is 87.6 Å². The molecule has 1 heterocycles. The summed E-state index contributed by atoms with van der Waals surface area (Å²) in [6.45, 7) is 1.30. The van der Waals surface area contributed by atoms with Gasteiger partial charge in [-0.1, -0.05) is 0 Å². The summed E-state index contributed by atoms with van der Waals surface area (Å²) in [5, 5.41) is 8.79. The summed E-state index contributed by atoms with van der Waals surface area (Å²) in [4.78, 5) is 14.4. The molecule has 1 rings (SSSR count). The summed E-state index contributed by atoms with van der Waals surface area (Å²) in [5.41, 5.74) is 0. The molecule has 0 aliphatic rings. The monoisotopic (exact) mass is 322 g/mol. The number of pyridine rings is 1. The van der Waals surface area contributed by atoms with Gasteiger partial charge in [-0.15, -0.1) is 0 Å². The molecule has 0 spiro atoms. The zero-order valence-corrected chi connectivity index (χ0v) is 11.6. The number of aromatic nitrogens is 1. The third-order valence-corrected chi connectivity index (χ3v) is 4.59. The highest BCUT2D eigenvalue weighted by Crippen LogP contribution is 2.19. The molecule has 6 nitrogen and oxygen atoms in total. The Labute approximate surface area is 107 Å². The van der Waals surface area contributed by atoms with Crippen molar-refractivity contribution in [3.63, 3.8) is 0 Å². The lowest BCUT2D eigenvalue weighted by molar-refractivity contribution is -0.140. The van der Waals surface area contributed by atoms with Gasteiger partial charge in [0.15, 0.2) is 0 Å². The molecule has 0 amide bonds. The number of carboxylic acid groups (broad SMARTS) is 1. The number of aliphatic carboxylic acids is 1. The second-order valence-corrected chi connectivity index (χ2v) is 6.29. The lowest BCUT2D eigenvalue weighted by Gasteiger charge is -2.20. The van der Waals surface area contributed by atoms with E-state index in [0.717, 1.165) is 4.31 Å². The maximum Gasteiger partial charge on any atom is 0.321 e. The van der Waals surface area contributed by atoms with Crippen LogP contribution in [0.1, 0.15) is 6.92 Å². The van der Waals surface area contributed by atoms with Crippen molar-refractivity contribution in [2.45, 2.75) is 17.9 Å². The molecule has 0 bridgehead atoms. The van der Waals surface area contributed by atoms with Crippen molar-refractivity contribution in [3.05, 3.63) is 22.9 Å². The van der Waals surface area contributed by atoms with Crippen molar-refractivity contribution >= 4 is 31.9 Å². The molecule has 17 heavy (non-hydrogen) atoms. The van der Waals surface area contributed by atoms with E-state index in [1.807, 2.05) is 0 Å². The number of likely N-dealkylation sites (N-methyl/N-ethyl adjacent to an activating group) is 1. The molecule has 1 aromatic heterocycles. The molecule has 0 fully saturated rings. The van der Waals surface area contributed by atoms with Crippen LogP contribution in [0, 0.1) is 0 Å². The summed E-state index contributed by atoms with van der Waals surface area (Å²) < 4.78 is 25.4. The van der Waals surface area contributed by atoms with Gasteiger partial charge in [0.05, 0.1) is 0 Å². The fraction of sp³-hybridized carbons (Fsp3) is 0.333. The number of carbonyl (C=O) groups is 1. The number of rotatable bonds is 4. The second-order valence-electron chi connectivity index (χ2n) is 3.37. The SMILES string of the molecule is CC(C(=O)O)N(C)S(=O)(=O)c1cncc(Br)c1. The van der Waals surface area contributed by atoms with Gasteiger partial charge in [0.1, 0.15) is 10.9 Å². The lowest BCUT2D eigenvalue weighted by atomic mass is 10.4. The van der Waals surface area contributed by atoms with Gasteiger partial charge in [-0.2, -0.15) is 4.31 Å². The second kappa shape index (κ2) is 5.11. The summed E-state index contributed by atoms with van der Waals surface area (Å²) in [6.07, 6.45) is 2.62. The zero-order chi connectivity index (χ0) is 13.2. The fourth-order valence-corrected chi connectivity index (χ4v) is 2.89. The van der Waals surface area contributed by atoms with E-state index < -0.39 is 22.0 Å². The Morgan fingerprint density at radius 3 is 2.59 bits per heavy atom. The van der Waals surface area contributed by atoms with E-state index in [9.17, 15) is 13.2 Å². The van der Waals surface area contributed by atoms with Crippen LogP contribution in [0.25, 0.3) is 0 Å². The number of nitrogens with zero attached hydrogens (tertiary/aromatic N) is 2. The van der Waals surface area contributed by atoms with Crippen LogP contribution in [0.2, 0.25) is 0 Å². The molecule has 0 saturated carbocycles. The van der Waals surface area contributed by atoms with E-state index >= 15 is 0 Å². The highest BCUT2D eigenvalue weighted by Gasteiger charge is 2.29. The summed E-state index contributed by atoms with van der Waals surface area (Å²) in [7, 11) is -2.63. The number of hydrogen-bond donors (Lipinski definition) is 1. The average molecular weight is 323 g/mol. The molecule has 1 N–H and O–H groups in total. The third-order valence-electron chi connectivity index (χ3n) is 2.26. The van der Waals surface area contributed by atoms with Crippen molar-refractivity contribution in [3.8, 4) is 0 Å². The fourth-order valence-electron chi connectivity index (χ4n) is 1.06. The maximum absolute atomic E-state index is 12.0. The Morgan fingerprint density at radius 2 is 2.12 bits per heavy atom. The van der Waals surface area contributed by atoms with Crippen LogP contribution >= 0.6 is 15.9 Å². The van der Waals surface area contributed by atoms with Gasteiger partial charge >= 0.3 is 5.97 Å². The highest BCUT2D eigenvalue weighted by atomic mass is 79.9. The molecule has 1 atom stereocenters. The summed E-state index contributed by atoms with van der Waals surface area (Å²) in [5.74, 6) is -1.21. The van der Waals surface area contributed by atoms with Gasteiger partial charge in [0, 0.05) is 23.9 Å². The van der Waals surface area contributed by atoms with Gasteiger partial charge in [0.25, 0.3) is 0 Å². The van der Waals surface area contributed by atoms with Crippen LogP contribution in [-0.4, -0.2) is 41.9 Å². The highest BCUT2D eigenvalue weighted by molar-refractivity contribution is 9.10. The van der Waals surface area contributed by atoms with Gasteiger partial charge < -0.3 is 5.11 Å². The van der Waals surface area contributed by atoms with Crippen molar-refractivity contribution in [1.82, 2.24) is 9.29 Å². The molecular weight excluding hydrogens is 312 g/mol. The predicted molar refractivity (Wildman–Crippen MR) is 64.0 cm³/mol. The van der Waals surface area contributed by atoms with Gasteiger partial charge in [0.2, 0.25) is 10.0 Å². The van der Waals surface area contributed by atoms with Gasteiger partial charge in [-0.25, -0.2) is 8.42 Å².